The van der Waals surface area contributed by atoms with Gasteiger partial charge in [-0.15, -0.1) is 5.10 Å². The van der Waals surface area contributed by atoms with Crippen molar-refractivity contribution in [2.45, 2.75) is 19.9 Å². The predicted molar refractivity (Wildman–Crippen MR) is 51.6 cm³/mol. The number of carbonyl (C=O) groups is 1. The summed E-state index contributed by atoms with van der Waals surface area (Å²) in [7, 11) is 0. The first kappa shape index (κ1) is 10.6. The normalized spacial score (nSPS) is 12.1. The monoisotopic (exact) mass is 210 g/mol. The van der Waals surface area contributed by atoms with Crippen molar-refractivity contribution in [1.82, 2.24) is 14.9 Å². The van der Waals surface area contributed by atoms with E-state index in [9.17, 15) is 4.79 Å². The van der Waals surface area contributed by atoms with Gasteiger partial charge < -0.3 is 5.32 Å². The highest BCUT2D eigenvalue weighted by Crippen LogP contribution is 2.05. The van der Waals surface area contributed by atoms with Gasteiger partial charge in [0, 0.05) is 0 Å². The second-order valence-corrected chi connectivity index (χ2v) is 3.89. The molecular formula is C8H10N4OS. The Hall–Kier alpha value is -1.48. The van der Waals surface area contributed by atoms with Crippen LogP contribution >= 0.6 is 11.5 Å². The Balaban J connectivity index is 2.61. The summed E-state index contributed by atoms with van der Waals surface area (Å²) < 4.78 is 3.57. The number of nitriles is 1. The largest absolute Gasteiger partial charge is 0.335 e. The van der Waals surface area contributed by atoms with Crippen LogP contribution in [0.1, 0.15) is 23.5 Å². The molecule has 1 N–H and O–H groups in total. The minimum absolute atomic E-state index is 0.0878. The van der Waals surface area contributed by atoms with E-state index in [0.717, 1.165) is 11.5 Å². The van der Waals surface area contributed by atoms with Crippen molar-refractivity contribution in [2.75, 3.05) is 0 Å². The van der Waals surface area contributed by atoms with Crippen molar-refractivity contribution in [1.29, 1.82) is 5.26 Å². The Bertz CT molecular complexity index is 341. The predicted octanol–water partition coefficient (Wildman–Crippen LogP) is 0.816. The zero-order valence-electron chi connectivity index (χ0n) is 7.89. The lowest BCUT2D eigenvalue weighted by Crippen LogP contribution is -2.36. The summed E-state index contributed by atoms with van der Waals surface area (Å²) in [6, 6.07) is 1.56. The smallest absolute Gasteiger partial charge is 0.265 e. The van der Waals surface area contributed by atoms with Crippen LogP contribution < -0.4 is 5.32 Å². The second kappa shape index (κ2) is 4.67. The van der Waals surface area contributed by atoms with Crippen LogP contribution in [0.15, 0.2) is 6.20 Å². The van der Waals surface area contributed by atoms with E-state index in [1.807, 2.05) is 19.9 Å². The van der Waals surface area contributed by atoms with Crippen LogP contribution in [0.5, 0.6) is 0 Å². The number of hydrogen-bond acceptors (Lipinski definition) is 5. The minimum Gasteiger partial charge on any atom is -0.335 e. The van der Waals surface area contributed by atoms with E-state index in [1.165, 1.54) is 6.20 Å². The molecule has 1 aromatic rings. The van der Waals surface area contributed by atoms with Gasteiger partial charge in [-0.3, -0.25) is 4.79 Å². The summed E-state index contributed by atoms with van der Waals surface area (Å²) in [6.45, 7) is 3.75. The molecule has 1 heterocycles. The van der Waals surface area contributed by atoms with E-state index >= 15 is 0 Å². The van der Waals surface area contributed by atoms with Crippen molar-refractivity contribution in [3.8, 4) is 6.07 Å². The molecule has 0 spiro atoms. The average Bonchev–Trinajstić information content (AvgIpc) is 2.65. The molecular weight excluding hydrogens is 200 g/mol. The molecule has 5 nitrogen and oxygen atoms in total. The summed E-state index contributed by atoms with van der Waals surface area (Å²) in [5, 5.41) is 14.9. The third kappa shape index (κ3) is 2.50. The fourth-order valence-corrected chi connectivity index (χ4v) is 1.25. The van der Waals surface area contributed by atoms with Crippen LogP contribution in [0.25, 0.3) is 0 Å². The van der Waals surface area contributed by atoms with Gasteiger partial charge in [-0.25, -0.2) is 0 Å². The molecule has 0 saturated carbocycles. The number of aromatic nitrogens is 2. The summed E-state index contributed by atoms with van der Waals surface area (Å²) in [4.78, 5) is 11.9. The van der Waals surface area contributed by atoms with E-state index in [-0.39, 0.29) is 11.8 Å². The van der Waals surface area contributed by atoms with Crippen molar-refractivity contribution in [3.63, 3.8) is 0 Å². The first-order valence-corrected chi connectivity index (χ1v) is 4.90. The zero-order chi connectivity index (χ0) is 10.6. The molecule has 0 aliphatic carbocycles. The maximum Gasteiger partial charge on any atom is 0.265 e. The molecule has 0 saturated heterocycles. The van der Waals surface area contributed by atoms with Crippen LogP contribution in [0.4, 0.5) is 0 Å². The van der Waals surface area contributed by atoms with E-state index in [0.29, 0.717) is 4.88 Å². The van der Waals surface area contributed by atoms with Crippen LogP contribution in [0.3, 0.4) is 0 Å². The van der Waals surface area contributed by atoms with Crippen LogP contribution in [-0.2, 0) is 0 Å². The molecule has 0 aromatic carbocycles. The van der Waals surface area contributed by atoms with E-state index < -0.39 is 6.04 Å². The number of rotatable bonds is 3. The lowest BCUT2D eigenvalue weighted by Gasteiger charge is -2.13. The second-order valence-electron chi connectivity index (χ2n) is 3.11. The molecule has 1 amide bonds. The van der Waals surface area contributed by atoms with Crippen LogP contribution in [0, 0.1) is 17.2 Å². The van der Waals surface area contributed by atoms with Gasteiger partial charge in [0.2, 0.25) is 0 Å². The Kier molecular flexibility index (Phi) is 3.54. The molecule has 14 heavy (non-hydrogen) atoms. The molecule has 1 atom stereocenters. The first-order valence-electron chi connectivity index (χ1n) is 4.13. The molecule has 0 bridgehead atoms. The Morgan fingerprint density at radius 1 is 1.71 bits per heavy atom. The molecule has 74 valence electrons. The van der Waals surface area contributed by atoms with Gasteiger partial charge in [0.25, 0.3) is 5.91 Å². The van der Waals surface area contributed by atoms with Gasteiger partial charge in [0.15, 0.2) is 0 Å². The van der Waals surface area contributed by atoms with Gasteiger partial charge in [0.1, 0.15) is 10.9 Å². The summed E-state index contributed by atoms with van der Waals surface area (Å²) >= 11 is 1.01. The fourth-order valence-electron chi connectivity index (χ4n) is 0.828. The number of nitrogens with zero attached hydrogens (tertiary/aromatic N) is 3. The van der Waals surface area contributed by atoms with Gasteiger partial charge in [0.05, 0.1) is 12.3 Å². The minimum atomic E-state index is -0.468. The molecule has 0 fully saturated rings. The highest BCUT2D eigenvalue weighted by atomic mass is 32.1. The molecule has 0 aliphatic rings. The maximum atomic E-state index is 11.4. The molecule has 0 radical (unpaired) electrons. The highest BCUT2D eigenvalue weighted by molar-refractivity contribution is 7.07. The van der Waals surface area contributed by atoms with Crippen molar-refractivity contribution >= 4 is 17.4 Å². The van der Waals surface area contributed by atoms with Crippen LogP contribution in [-0.4, -0.2) is 21.5 Å². The van der Waals surface area contributed by atoms with Crippen molar-refractivity contribution < 1.29 is 4.79 Å². The highest BCUT2D eigenvalue weighted by Gasteiger charge is 2.17. The van der Waals surface area contributed by atoms with Crippen molar-refractivity contribution in [2.24, 2.45) is 5.92 Å². The first-order chi connectivity index (χ1) is 6.65. The number of hydrogen-bond donors (Lipinski definition) is 1. The number of nitrogens with one attached hydrogen (secondary N) is 1. The molecule has 6 heteroatoms. The fraction of sp³-hybridized carbons (Fsp3) is 0.500. The summed E-state index contributed by atoms with van der Waals surface area (Å²) in [6.07, 6.45) is 1.38. The number of carbonyl (C=O) groups excluding carboxylic acids is 1. The standard InChI is InChI=1S/C8H10N4OS/c1-5(2)6(3-9)11-8(13)7-4-10-12-14-7/h4-6H,1-2H3,(H,11,13). The number of amides is 1. The quantitative estimate of drug-likeness (QED) is 0.801. The lowest BCUT2D eigenvalue weighted by molar-refractivity contribution is 0.0941. The lowest BCUT2D eigenvalue weighted by atomic mass is 10.1. The average molecular weight is 210 g/mol. The zero-order valence-corrected chi connectivity index (χ0v) is 8.71. The maximum absolute atomic E-state index is 11.4. The molecule has 1 aromatic heterocycles. The topological polar surface area (TPSA) is 78.7 Å². The Morgan fingerprint density at radius 2 is 2.43 bits per heavy atom. The van der Waals surface area contributed by atoms with Gasteiger partial charge in [-0.1, -0.05) is 18.3 Å². The van der Waals surface area contributed by atoms with Gasteiger partial charge in [-0.05, 0) is 17.5 Å². The third-order valence-corrected chi connectivity index (χ3v) is 2.34. The Morgan fingerprint density at radius 3 is 2.86 bits per heavy atom. The van der Waals surface area contributed by atoms with Crippen molar-refractivity contribution in [3.05, 3.63) is 11.1 Å². The van der Waals surface area contributed by atoms with Gasteiger partial charge in [-0.2, -0.15) is 5.26 Å². The third-order valence-electron chi connectivity index (χ3n) is 1.68. The van der Waals surface area contributed by atoms with E-state index in [2.05, 4.69) is 14.9 Å². The molecule has 0 aliphatic heterocycles. The van der Waals surface area contributed by atoms with Gasteiger partial charge >= 0.3 is 0 Å². The SMILES string of the molecule is CC(C)C(C#N)NC(=O)c1cnns1. The Labute approximate surface area is 85.9 Å². The molecule has 1 unspecified atom stereocenters. The summed E-state index contributed by atoms with van der Waals surface area (Å²) in [5.74, 6) is -0.204. The van der Waals surface area contributed by atoms with E-state index in [1.54, 1.807) is 0 Å². The molecule has 1 rings (SSSR count). The van der Waals surface area contributed by atoms with Crippen LogP contribution in [0.2, 0.25) is 0 Å². The summed E-state index contributed by atoms with van der Waals surface area (Å²) in [5.41, 5.74) is 0. The van der Waals surface area contributed by atoms with E-state index in [4.69, 9.17) is 5.26 Å².